The van der Waals surface area contributed by atoms with Crippen LogP contribution < -0.4 is 0 Å². The van der Waals surface area contributed by atoms with Crippen molar-refractivity contribution >= 4 is 11.7 Å². The van der Waals surface area contributed by atoms with Gasteiger partial charge in [-0.3, -0.25) is 0 Å². The molecule has 0 aliphatic carbocycles. The van der Waals surface area contributed by atoms with E-state index >= 15 is 0 Å². The normalized spacial score (nSPS) is 11.3. The van der Waals surface area contributed by atoms with Crippen molar-refractivity contribution in [2.75, 3.05) is 13.1 Å². The largest absolute Gasteiger partial charge is 0.478 e. The van der Waals surface area contributed by atoms with Crippen LogP contribution in [0.4, 0.5) is 0 Å². The molecule has 0 heterocycles. The summed E-state index contributed by atoms with van der Waals surface area (Å²) in [5.74, 6) is -0.897. The minimum atomic E-state index is -0.897. The summed E-state index contributed by atoms with van der Waals surface area (Å²) in [6.07, 6.45) is 3.31. The highest BCUT2D eigenvalue weighted by Crippen LogP contribution is 2.19. The van der Waals surface area contributed by atoms with Gasteiger partial charge in [0.25, 0.3) is 0 Å². The van der Waals surface area contributed by atoms with E-state index in [1.54, 1.807) is 0 Å². The summed E-state index contributed by atoms with van der Waals surface area (Å²) >= 11 is 0. The molecule has 0 aliphatic rings. The Morgan fingerprint density at radius 3 is 2.17 bits per heavy atom. The highest BCUT2D eigenvalue weighted by Gasteiger charge is 2.11. The van der Waals surface area contributed by atoms with E-state index in [1.807, 2.05) is 30.3 Å². The molecule has 3 heteroatoms. The van der Waals surface area contributed by atoms with Crippen LogP contribution in [-0.4, -0.2) is 29.1 Å². The maximum absolute atomic E-state index is 11.0. The number of carboxylic acid groups (broad SMARTS) is 1. The molecule has 0 saturated heterocycles. The highest BCUT2D eigenvalue weighted by atomic mass is 16.4. The Bertz CT molecular complexity index is 392. The maximum atomic E-state index is 11.0. The predicted molar refractivity (Wildman–Crippen MR) is 74.2 cm³/mol. The molecule has 3 nitrogen and oxygen atoms in total. The minimum Gasteiger partial charge on any atom is -0.478 e. The summed E-state index contributed by atoms with van der Waals surface area (Å²) in [4.78, 5) is 13.1. The fourth-order valence-corrected chi connectivity index (χ4v) is 1.98. The van der Waals surface area contributed by atoms with Gasteiger partial charge in [0.15, 0.2) is 0 Å². The zero-order valence-electron chi connectivity index (χ0n) is 11.1. The van der Waals surface area contributed by atoms with Gasteiger partial charge in [-0.25, -0.2) is 4.79 Å². The summed E-state index contributed by atoms with van der Waals surface area (Å²) in [5.41, 5.74) is 1.76. The third-order valence-corrected chi connectivity index (χ3v) is 2.66. The van der Waals surface area contributed by atoms with Gasteiger partial charge in [0, 0.05) is 19.2 Å². The average Bonchev–Trinajstić information content (AvgIpc) is 2.37. The lowest BCUT2D eigenvalue weighted by Gasteiger charge is -2.26. The third kappa shape index (κ3) is 4.24. The van der Waals surface area contributed by atoms with E-state index in [0.29, 0.717) is 0 Å². The van der Waals surface area contributed by atoms with Crippen LogP contribution >= 0.6 is 0 Å². The lowest BCUT2D eigenvalue weighted by atomic mass is 10.1. The van der Waals surface area contributed by atoms with Crippen LogP contribution in [-0.2, 0) is 4.79 Å². The first-order valence-electron chi connectivity index (χ1n) is 6.44. The zero-order valence-corrected chi connectivity index (χ0v) is 11.1. The maximum Gasteiger partial charge on any atom is 0.330 e. The van der Waals surface area contributed by atoms with Gasteiger partial charge in [-0.1, -0.05) is 44.2 Å². The molecule has 1 aromatic rings. The smallest absolute Gasteiger partial charge is 0.330 e. The van der Waals surface area contributed by atoms with E-state index in [9.17, 15) is 4.79 Å². The van der Waals surface area contributed by atoms with Gasteiger partial charge in [-0.2, -0.15) is 0 Å². The molecule has 1 aromatic carbocycles. The number of rotatable bonds is 7. The van der Waals surface area contributed by atoms with Crippen molar-refractivity contribution in [3.8, 4) is 0 Å². The molecule has 0 bridgehead atoms. The molecular formula is C15H21NO2. The van der Waals surface area contributed by atoms with Crippen molar-refractivity contribution in [2.24, 2.45) is 0 Å². The first-order valence-corrected chi connectivity index (χ1v) is 6.44. The Hall–Kier alpha value is -1.77. The summed E-state index contributed by atoms with van der Waals surface area (Å²) in [6, 6.07) is 9.70. The van der Waals surface area contributed by atoms with Crippen molar-refractivity contribution < 1.29 is 9.90 Å². The van der Waals surface area contributed by atoms with Crippen molar-refractivity contribution in [1.29, 1.82) is 0 Å². The zero-order chi connectivity index (χ0) is 13.4. The predicted octanol–water partition coefficient (Wildman–Crippen LogP) is 3.23. The Morgan fingerprint density at radius 1 is 1.17 bits per heavy atom. The number of nitrogens with zero attached hydrogens (tertiary/aromatic N) is 1. The molecule has 0 spiro atoms. The molecule has 0 aliphatic heterocycles. The van der Waals surface area contributed by atoms with E-state index < -0.39 is 5.97 Å². The monoisotopic (exact) mass is 247 g/mol. The first kappa shape index (κ1) is 14.3. The van der Waals surface area contributed by atoms with E-state index in [4.69, 9.17) is 5.11 Å². The van der Waals surface area contributed by atoms with Gasteiger partial charge in [-0.15, -0.1) is 0 Å². The molecule has 98 valence electrons. The van der Waals surface area contributed by atoms with Gasteiger partial charge >= 0.3 is 5.97 Å². The average molecular weight is 247 g/mol. The van der Waals surface area contributed by atoms with Crippen LogP contribution in [0.1, 0.15) is 32.3 Å². The van der Waals surface area contributed by atoms with E-state index in [0.717, 1.165) is 37.2 Å². The number of carbonyl (C=O) groups is 1. The number of carboxylic acids is 1. The topological polar surface area (TPSA) is 40.5 Å². The van der Waals surface area contributed by atoms with Crippen molar-refractivity contribution in [1.82, 2.24) is 4.90 Å². The molecule has 0 amide bonds. The Morgan fingerprint density at radius 2 is 1.72 bits per heavy atom. The van der Waals surface area contributed by atoms with Gasteiger partial charge < -0.3 is 10.0 Å². The summed E-state index contributed by atoms with van der Waals surface area (Å²) in [7, 11) is 0. The number of aliphatic carboxylic acids is 1. The fourth-order valence-electron chi connectivity index (χ4n) is 1.98. The summed E-state index contributed by atoms with van der Waals surface area (Å²) < 4.78 is 0. The van der Waals surface area contributed by atoms with Crippen molar-refractivity contribution in [2.45, 2.75) is 26.7 Å². The summed E-state index contributed by atoms with van der Waals surface area (Å²) in [5, 5.41) is 9.03. The Balaban J connectivity index is 3.07. The number of hydrogen-bond donors (Lipinski definition) is 1. The Kier molecular flexibility index (Phi) is 5.98. The van der Waals surface area contributed by atoms with Gasteiger partial charge in [0.2, 0.25) is 0 Å². The third-order valence-electron chi connectivity index (χ3n) is 2.66. The van der Waals surface area contributed by atoms with Crippen LogP contribution in [0.25, 0.3) is 5.70 Å². The van der Waals surface area contributed by atoms with E-state index in [2.05, 4.69) is 18.7 Å². The molecule has 0 atom stereocenters. The second-order valence-corrected chi connectivity index (χ2v) is 4.22. The van der Waals surface area contributed by atoms with Crippen LogP contribution in [0.5, 0.6) is 0 Å². The van der Waals surface area contributed by atoms with Crippen LogP contribution in [0.15, 0.2) is 36.4 Å². The van der Waals surface area contributed by atoms with Crippen molar-refractivity contribution in [3.63, 3.8) is 0 Å². The van der Waals surface area contributed by atoms with Gasteiger partial charge in [-0.05, 0) is 18.4 Å². The minimum absolute atomic E-state index is 0.798. The first-order chi connectivity index (χ1) is 8.69. The van der Waals surface area contributed by atoms with Crippen LogP contribution in [0, 0.1) is 0 Å². The number of benzene rings is 1. The fraction of sp³-hybridized carbons (Fsp3) is 0.400. The van der Waals surface area contributed by atoms with Crippen LogP contribution in [0.2, 0.25) is 0 Å². The molecule has 0 radical (unpaired) electrons. The van der Waals surface area contributed by atoms with E-state index in [1.165, 1.54) is 6.08 Å². The second kappa shape index (κ2) is 7.54. The molecule has 18 heavy (non-hydrogen) atoms. The van der Waals surface area contributed by atoms with Crippen molar-refractivity contribution in [3.05, 3.63) is 42.0 Å². The molecule has 1 N–H and O–H groups in total. The second-order valence-electron chi connectivity index (χ2n) is 4.22. The molecule has 0 saturated carbocycles. The number of hydrogen-bond acceptors (Lipinski definition) is 2. The quantitative estimate of drug-likeness (QED) is 0.752. The SMILES string of the molecule is CCCN(CCC)/C(=C/C(=O)O)c1ccccc1. The molecule has 0 fully saturated rings. The van der Waals surface area contributed by atoms with E-state index in [-0.39, 0.29) is 0 Å². The lowest BCUT2D eigenvalue weighted by molar-refractivity contribution is -0.131. The molecule has 1 rings (SSSR count). The molecule has 0 aromatic heterocycles. The van der Waals surface area contributed by atoms with Gasteiger partial charge in [0.1, 0.15) is 0 Å². The summed E-state index contributed by atoms with van der Waals surface area (Å²) in [6.45, 7) is 5.96. The van der Waals surface area contributed by atoms with Crippen LogP contribution in [0.3, 0.4) is 0 Å². The van der Waals surface area contributed by atoms with Gasteiger partial charge in [0.05, 0.1) is 5.70 Å². The molecular weight excluding hydrogens is 226 g/mol. The lowest BCUT2D eigenvalue weighted by Crippen LogP contribution is -2.24. The standard InChI is InChI=1S/C15H21NO2/c1-3-10-16(11-4-2)14(12-15(17)18)13-8-6-5-7-9-13/h5-9,12H,3-4,10-11H2,1-2H3,(H,17,18)/b14-12+. The Labute approximate surface area is 109 Å². The highest BCUT2D eigenvalue weighted by molar-refractivity contribution is 5.89. The molecule has 0 unspecified atom stereocenters.